The van der Waals surface area contributed by atoms with Crippen LogP contribution in [0.1, 0.15) is 5.56 Å². The summed E-state index contributed by atoms with van der Waals surface area (Å²) in [6.07, 6.45) is 0. The van der Waals surface area contributed by atoms with Gasteiger partial charge in [-0.25, -0.2) is 0 Å². The summed E-state index contributed by atoms with van der Waals surface area (Å²) in [7, 11) is 13.3. The Morgan fingerprint density at radius 1 is 0.621 bits per heavy atom. The first-order chi connectivity index (χ1) is 14.3. The molecule has 5 aromatic carbocycles. The van der Waals surface area contributed by atoms with Crippen molar-refractivity contribution in [3.8, 4) is 0 Å². The van der Waals surface area contributed by atoms with Gasteiger partial charge in [-0.3, -0.25) is 0 Å². The molecule has 0 nitrogen and oxygen atoms in total. The van der Waals surface area contributed by atoms with Gasteiger partial charge in [0.1, 0.15) is 0 Å². The summed E-state index contributed by atoms with van der Waals surface area (Å²) in [6.45, 7) is 0. The second-order valence-corrected chi connectivity index (χ2v) is 10.1. The molecule has 0 bridgehead atoms. The Morgan fingerprint density at radius 2 is 1.03 bits per heavy atom. The Hall–Kier alpha value is -1.44. The van der Waals surface area contributed by atoms with Gasteiger partial charge in [0.2, 0.25) is 0 Å². The molecule has 4 heteroatoms. The molecule has 0 aliphatic carbocycles. The fourth-order valence-electron chi connectivity index (χ4n) is 2.74. The fraction of sp³-hybridized carbons (Fsp3) is 0.0400. The molecule has 0 heterocycles. The van der Waals surface area contributed by atoms with E-state index in [4.69, 9.17) is 17.0 Å². The van der Waals surface area contributed by atoms with E-state index < -0.39 is 20.8 Å². The topological polar surface area (TPSA) is 0 Å². The third kappa shape index (κ3) is 8.84. The Balaban J connectivity index is 0.000000146. The van der Waals surface area contributed by atoms with Gasteiger partial charge in [0.15, 0.2) is 0 Å². The minimum Gasteiger partial charge on any atom is -0.168 e. The summed E-state index contributed by atoms with van der Waals surface area (Å²) in [5, 5.41) is 5.32. The van der Waals surface area contributed by atoms with Gasteiger partial charge >= 0.3 is 37.9 Å². The van der Waals surface area contributed by atoms with Gasteiger partial charge in [0.25, 0.3) is 0 Å². The Bertz CT molecular complexity index is 927. The van der Waals surface area contributed by atoms with Crippen molar-refractivity contribution >= 4 is 48.8 Å². The van der Waals surface area contributed by atoms with Gasteiger partial charge in [0.05, 0.1) is 0 Å². The maximum absolute atomic E-state index is 4.93. The maximum atomic E-state index is 4.93. The first kappa shape index (κ1) is 23.8. The molecule has 0 spiro atoms. The molecule has 0 aliphatic heterocycles. The van der Waals surface area contributed by atoms with Crippen LogP contribution in [0, 0.1) is 0 Å². The van der Waals surface area contributed by atoms with Crippen molar-refractivity contribution < 1.29 is 20.8 Å². The van der Waals surface area contributed by atoms with Gasteiger partial charge in [-0.2, -0.15) is 35.0 Å². The van der Waals surface area contributed by atoms with Crippen LogP contribution in [0.15, 0.2) is 115 Å². The summed E-state index contributed by atoms with van der Waals surface area (Å²) in [4.78, 5) is 0. The van der Waals surface area contributed by atoms with Crippen LogP contribution in [0.25, 0.3) is 21.5 Å². The van der Waals surface area contributed by atoms with E-state index in [0.717, 1.165) is 6.04 Å². The van der Waals surface area contributed by atoms with Gasteiger partial charge in [-0.15, -0.1) is 59.3 Å². The van der Waals surface area contributed by atoms with Crippen molar-refractivity contribution in [1.29, 1.82) is 0 Å². The van der Waals surface area contributed by atoms with Gasteiger partial charge in [-0.1, -0.05) is 48.0 Å². The van der Waals surface area contributed by atoms with Crippen LogP contribution in [-0.2, 0) is 26.9 Å². The quantitative estimate of drug-likeness (QED) is 0.159. The molecule has 29 heavy (non-hydrogen) atoms. The predicted molar refractivity (Wildman–Crippen MR) is 127 cm³/mol. The van der Waals surface area contributed by atoms with Crippen LogP contribution >= 0.6 is 17.0 Å². The molecule has 5 aromatic rings. The second kappa shape index (κ2) is 14.5. The Kier molecular flexibility index (Phi) is 11.9. The zero-order chi connectivity index (χ0) is 20.7. The zero-order valence-electron chi connectivity index (χ0n) is 15.9. The van der Waals surface area contributed by atoms with E-state index in [1.165, 1.54) is 27.1 Å². The fourth-order valence-corrected chi connectivity index (χ4v) is 2.97. The van der Waals surface area contributed by atoms with E-state index in [2.05, 4.69) is 107 Å². The summed E-state index contributed by atoms with van der Waals surface area (Å²) < 4.78 is 0. The van der Waals surface area contributed by atoms with E-state index in [1.807, 2.05) is 18.2 Å². The number of halogens is 2. The molecule has 5 rings (SSSR count). The van der Waals surface area contributed by atoms with Crippen molar-refractivity contribution in [2.24, 2.45) is 0 Å². The number of fused-ring (bicyclic) bond motifs is 2. The summed E-state index contributed by atoms with van der Waals surface area (Å²) in [5.74, 6) is 0. The van der Waals surface area contributed by atoms with Gasteiger partial charge < -0.3 is 0 Å². The standard InChI is InChI=1S/2C9H7.C7H7Si.2ClH.Zr/c2*1-2-5-9-7-3-6-8(9)4-1;8-6-7-4-2-1-3-5-7;;;/h2*1-7H;1-5H,6H2;2*1H;/q2*-1;;;;+4/p-2. The maximum Gasteiger partial charge on any atom is 0.0283 e. The normalized spacial score (nSPS) is 9.21. The molecule has 0 aliphatic rings. The van der Waals surface area contributed by atoms with E-state index in [-0.39, 0.29) is 0 Å². The largest absolute Gasteiger partial charge is 0.168 e. The first-order valence-electron chi connectivity index (χ1n) is 9.14. The number of benzene rings is 3. The van der Waals surface area contributed by atoms with Crippen molar-refractivity contribution in [3.05, 3.63) is 121 Å². The number of rotatable bonds is 1. The molecule has 0 fully saturated rings. The molecule has 143 valence electrons. The van der Waals surface area contributed by atoms with Gasteiger partial charge in [0, 0.05) is 10.2 Å². The Morgan fingerprint density at radius 3 is 1.41 bits per heavy atom. The second-order valence-electron chi connectivity index (χ2n) is 6.04. The molecular formula is C25H21Cl2SiZr. The molecule has 0 aromatic heterocycles. The molecular weight excluding hydrogens is 490 g/mol. The SMILES string of the molecule is [Cl][Zr+2][Cl].[Si]Cc1ccccc1.c1ccc2[cH-]ccc2c1.c1ccc2[cH-]ccc2c1. The molecule has 3 radical (unpaired) electrons. The molecule has 0 saturated carbocycles. The monoisotopic (exact) mass is 509 g/mol. The van der Waals surface area contributed by atoms with Crippen molar-refractivity contribution in [1.82, 2.24) is 0 Å². The first-order valence-corrected chi connectivity index (χ1v) is 16.2. The van der Waals surface area contributed by atoms with E-state index >= 15 is 0 Å². The summed E-state index contributed by atoms with van der Waals surface area (Å²) in [5.41, 5.74) is 1.32. The van der Waals surface area contributed by atoms with Crippen molar-refractivity contribution in [2.75, 3.05) is 0 Å². The van der Waals surface area contributed by atoms with Crippen LogP contribution in [0.3, 0.4) is 0 Å². The summed E-state index contributed by atoms with van der Waals surface area (Å²) >= 11 is -0.826. The average Bonchev–Trinajstić information content (AvgIpc) is 3.45. The molecule has 0 atom stereocenters. The smallest absolute Gasteiger partial charge is 0.0283 e. The van der Waals surface area contributed by atoms with Crippen LogP contribution < -0.4 is 0 Å². The Labute approximate surface area is 195 Å². The van der Waals surface area contributed by atoms with E-state index in [9.17, 15) is 0 Å². The molecule has 0 unspecified atom stereocenters. The molecule has 0 saturated heterocycles. The van der Waals surface area contributed by atoms with Crippen molar-refractivity contribution in [2.45, 2.75) is 6.04 Å². The molecule has 0 N–H and O–H groups in total. The predicted octanol–water partition coefficient (Wildman–Crippen LogP) is 7.85. The number of hydrogen-bond acceptors (Lipinski definition) is 0. The third-order valence-corrected chi connectivity index (χ3v) is 4.55. The minimum atomic E-state index is -0.826. The zero-order valence-corrected chi connectivity index (χ0v) is 20.9. The van der Waals surface area contributed by atoms with Crippen LogP contribution in [-0.4, -0.2) is 10.2 Å². The van der Waals surface area contributed by atoms with Crippen molar-refractivity contribution in [3.63, 3.8) is 0 Å². The van der Waals surface area contributed by atoms with Crippen LogP contribution in [0.4, 0.5) is 0 Å². The minimum absolute atomic E-state index is 0.826. The van der Waals surface area contributed by atoms with E-state index in [1.54, 1.807) is 0 Å². The van der Waals surface area contributed by atoms with E-state index in [0.29, 0.717) is 0 Å². The average molecular weight is 512 g/mol. The van der Waals surface area contributed by atoms with Gasteiger partial charge in [-0.05, 0) is 6.04 Å². The summed E-state index contributed by atoms with van der Waals surface area (Å²) in [6, 6.07) is 40.6. The molecule has 0 amide bonds. The van der Waals surface area contributed by atoms with Crippen LogP contribution in [0.5, 0.6) is 0 Å². The number of hydrogen-bond donors (Lipinski definition) is 0. The van der Waals surface area contributed by atoms with Crippen LogP contribution in [0.2, 0.25) is 0 Å². The third-order valence-electron chi connectivity index (χ3n) is 4.14.